The van der Waals surface area contributed by atoms with Gasteiger partial charge in [-0.1, -0.05) is 0 Å². The van der Waals surface area contributed by atoms with Crippen molar-refractivity contribution in [3.05, 3.63) is 17.7 Å². The van der Waals surface area contributed by atoms with Crippen molar-refractivity contribution in [1.29, 1.82) is 0 Å². The first-order chi connectivity index (χ1) is 9.99. The molecule has 7 nitrogen and oxygen atoms in total. The van der Waals surface area contributed by atoms with Gasteiger partial charge in [-0.3, -0.25) is 9.59 Å². The van der Waals surface area contributed by atoms with Crippen LogP contribution in [0.5, 0.6) is 17.2 Å². The van der Waals surface area contributed by atoms with Gasteiger partial charge in [-0.2, -0.15) is 0 Å². The van der Waals surface area contributed by atoms with E-state index < -0.39 is 11.9 Å². The second-order valence-corrected chi connectivity index (χ2v) is 4.09. The highest BCUT2D eigenvalue weighted by atomic mass is 16.5. The van der Waals surface area contributed by atoms with Crippen LogP contribution in [-0.2, 0) is 4.79 Å². The van der Waals surface area contributed by atoms with Gasteiger partial charge in [0.05, 0.1) is 26.9 Å². The Kier molecular flexibility index (Phi) is 5.83. The molecule has 0 aliphatic rings. The number of amides is 1. The van der Waals surface area contributed by atoms with Crippen LogP contribution in [0.2, 0.25) is 0 Å². The topological polar surface area (TPSA) is 85.3 Å². The van der Waals surface area contributed by atoms with E-state index in [9.17, 15) is 9.59 Å². The summed E-state index contributed by atoms with van der Waals surface area (Å²) in [6.45, 7) is 1.59. The Labute approximate surface area is 123 Å². The maximum atomic E-state index is 12.4. The number of ether oxygens (including phenoxy) is 3. The zero-order valence-corrected chi connectivity index (χ0v) is 12.5. The molecule has 7 heteroatoms. The molecule has 21 heavy (non-hydrogen) atoms. The minimum absolute atomic E-state index is 0.214. The van der Waals surface area contributed by atoms with Gasteiger partial charge in [0.1, 0.15) is 6.54 Å². The summed E-state index contributed by atoms with van der Waals surface area (Å²) >= 11 is 0. The standard InChI is InChI=1S/C14H19NO6/c1-5-15(8-11(16)17)14(18)9-6-7-10(19-2)13(21-4)12(9)20-3/h6-7H,5,8H2,1-4H3,(H,16,17). The number of rotatable bonds is 7. The van der Waals surface area contributed by atoms with Gasteiger partial charge in [-0.15, -0.1) is 0 Å². The third-order valence-corrected chi connectivity index (χ3v) is 2.93. The summed E-state index contributed by atoms with van der Waals surface area (Å²) in [6.07, 6.45) is 0. The molecule has 0 atom stereocenters. The number of likely N-dealkylation sites (N-methyl/N-ethyl adjacent to an activating group) is 1. The molecule has 0 saturated carbocycles. The van der Waals surface area contributed by atoms with Gasteiger partial charge in [0, 0.05) is 6.54 Å². The average Bonchev–Trinajstić information content (AvgIpc) is 2.49. The number of aliphatic carboxylic acids is 1. The van der Waals surface area contributed by atoms with Crippen molar-refractivity contribution in [1.82, 2.24) is 4.90 Å². The number of methoxy groups -OCH3 is 3. The molecular formula is C14H19NO6. The van der Waals surface area contributed by atoms with Crippen LogP contribution in [0.3, 0.4) is 0 Å². The molecule has 0 bridgehead atoms. The lowest BCUT2D eigenvalue weighted by Gasteiger charge is -2.21. The van der Waals surface area contributed by atoms with E-state index in [1.807, 2.05) is 0 Å². The van der Waals surface area contributed by atoms with E-state index >= 15 is 0 Å². The Bertz CT molecular complexity index is 528. The maximum absolute atomic E-state index is 12.4. The molecule has 0 fully saturated rings. The van der Waals surface area contributed by atoms with Gasteiger partial charge in [0.15, 0.2) is 11.5 Å². The number of carboxylic acid groups (broad SMARTS) is 1. The number of hydrogen-bond acceptors (Lipinski definition) is 5. The number of carboxylic acids is 1. The monoisotopic (exact) mass is 297 g/mol. The second-order valence-electron chi connectivity index (χ2n) is 4.09. The van der Waals surface area contributed by atoms with Gasteiger partial charge >= 0.3 is 5.97 Å². The van der Waals surface area contributed by atoms with Crippen molar-refractivity contribution < 1.29 is 28.9 Å². The number of carbonyl (C=O) groups is 2. The molecule has 0 saturated heterocycles. The third kappa shape index (κ3) is 3.56. The number of carbonyl (C=O) groups excluding carboxylic acids is 1. The van der Waals surface area contributed by atoms with Crippen LogP contribution in [0.15, 0.2) is 12.1 Å². The van der Waals surface area contributed by atoms with Crippen LogP contribution in [-0.4, -0.2) is 56.3 Å². The molecule has 1 aromatic rings. The number of nitrogens with zero attached hydrogens (tertiary/aromatic N) is 1. The molecule has 0 unspecified atom stereocenters. The van der Waals surface area contributed by atoms with Crippen molar-refractivity contribution >= 4 is 11.9 Å². The molecule has 0 aromatic heterocycles. The van der Waals surface area contributed by atoms with E-state index in [1.165, 1.54) is 32.3 Å². The fourth-order valence-corrected chi connectivity index (χ4v) is 1.93. The quantitative estimate of drug-likeness (QED) is 0.815. The summed E-state index contributed by atoms with van der Waals surface area (Å²) in [5, 5.41) is 8.85. The van der Waals surface area contributed by atoms with E-state index in [1.54, 1.807) is 13.0 Å². The van der Waals surface area contributed by atoms with Crippen molar-refractivity contribution in [3.8, 4) is 17.2 Å². The summed E-state index contributed by atoms with van der Waals surface area (Å²) in [4.78, 5) is 24.5. The normalized spacial score (nSPS) is 9.90. The first-order valence-electron chi connectivity index (χ1n) is 6.30. The van der Waals surface area contributed by atoms with Crippen molar-refractivity contribution in [2.24, 2.45) is 0 Å². The molecule has 0 radical (unpaired) electrons. The van der Waals surface area contributed by atoms with Crippen molar-refractivity contribution in [2.45, 2.75) is 6.92 Å². The highest BCUT2D eigenvalue weighted by Gasteiger charge is 2.24. The third-order valence-electron chi connectivity index (χ3n) is 2.93. The Hall–Kier alpha value is -2.44. The van der Waals surface area contributed by atoms with Crippen molar-refractivity contribution in [2.75, 3.05) is 34.4 Å². The van der Waals surface area contributed by atoms with Crippen LogP contribution in [0.25, 0.3) is 0 Å². The zero-order chi connectivity index (χ0) is 16.0. The zero-order valence-electron chi connectivity index (χ0n) is 12.5. The largest absolute Gasteiger partial charge is 0.493 e. The fourth-order valence-electron chi connectivity index (χ4n) is 1.93. The molecule has 1 N–H and O–H groups in total. The van der Waals surface area contributed by atoms with E-state index in [4.69, 9.17) is 19.3 Å². The molecule has 0 heterocycles. The highest BCUT2D eigenvalue weighted by Crippen LogP contribution is 2.40. The lowest BCUT2D eigenvalue weighted by atomic mass is 10.1. The Morgan fingerprint density at radius 2 is 1.71 bits per heavy atom. The molecular weight excluding hydrogens is 278 g/mol. The predicted molar refractivity (Wildman–Crippen MR) is 75.3 cm³/mol. The predicted octanol–water partition coefficient (Wildman–Crippen LogP) is 1.26. The van der Waals surface area contributed by atoms with E-state index in [0.29, 0.717) is 5.75 Å². The number of benzene rings is 1. The first kappa shape index (κ1) is 16.6. The molecule has 1 aromatic carbocycles. The Balaban J connectivity index is 3.28. The number of hydrogen-bond donors (Lipinski definition) is 1. The van der Waals surface area contributed by atoms with E-state index in [0.717, 1.165) is 0 Å². The summed E-state index contributed by atoms with van der Waals surface area (Å²) in [6, 6.07) is 3.09. The Morgan fingerprint density at radius 1 is 1.10 bits per heavy atom. The van der Waals surface area contributed by atoms with Gasteiger partial charge in [-0.05, 0) is 19.1 Å². The Morgan fingerprint density at radius 3 is 2.14 bits per heavy atom. The highest BCUT2D eigenvalue weighted by molar-refractivity contribution is 5.99. The molecule has 0 aliphatic heterocycles. The smallest absolute Gasteiger partial charge is 0.323 e. The SMILES string of the molecule is CCN(CC(=O)O)C(=O)c1ccc(OC)c(OC)c1OC. The summed E-state index contributed by atoms with van der Waals surface area (Å²) in [5.41, 5.74) is 0.221. The molecule has 1 rings (SSSR count). The first-order valence-corrected chi connectivity index (χ1v) is 6.30. The molecule has 116 valence electrons. The summed E-state index contributed by atoms with van der Waals surface area (Å²) in [5.74, 6) is -0.600. The van der Waals surface area contributed by atoms with Crippen LogP contribution in [0, 0.1) is 0 Å². The van der Waals surface area contributed by atoms with Gasteiger partial charge in [0.25, 0.3) is 5.91 Å². The molecule has 0 spiro atoms. The molecule has 1 amide bonds. The van der Waals surface area contributed by atoms with E-state index in [2.05, 4.69) is 0 Å². The van der Waals surface area contributed by atoms with Gasteiger partial charge < -0.3 is 24.2 Å². The summed E-state index contributed by atoms with van der Waals surface area (Å²) < 4.78 is 15.6. The maximum Gasteiger partial charge on any atom is 0.323 e. The lowest BCUT2D eigenvalue weighted by Crippen LogP contribution is -2.35. The fraction of sp³-hybridized carbons (Fsp3) is 0.429. The average molecular weight is 297 g/mol. The van der Waals surface area contributed by atoms with Crippen molar-refractivity contribution in [3.63, 3.8) is 0 Å². The minimum Gasteiger partial charge on any atom is -0.493 e. The summed E-state index contributed by atoms with van der Waals surface area (Å²) in [7, 11) is 4.31. The molecule has 0 aliphatic carbocycles. The van der Waals surface area contributed by atoms with Crippen LogP contribution >= 0.6 is 0 Å². The second kappa shape index (κ2) is 7.37. The van der Waals surface area contributed by atoms with Crippen LogP contribution in [0.4, 0.5) is 0 Å². The van der Waals surface area contributed by atoms with Crippen LogP contribution < -0.4 is 14.2 Å². The van der Waals surface area contributed by atoms with Gasteiger partial charge in [0.2, 0.25) is 5.75 Å². The van der Waals surface area contributed by atoms with Gasteiger partial charge in [-0.25, -0.2) is 0 Å². The minimum atomic E-state index is -1.08. The van der Waals surface area contributed by atoms with Crippen LogP contribution in [0.1, 0.15) is 17.3 Å². The van der Waals surface area contributed by atoms with E-state index in [-0.39, 0.29) is 30.2 Å². The lowest BCUT2D eigenvalue weighted by molar-refractivity contribution is -0.137.